The van der Waals surface area contributed by atoms with Gasteiger partial charge in [0, 0.05) is 0 Å². The van der Waals surface area contributed by atoms with Crippen LogP contribution in [0.1, 0.15) is 59.7 Å². The summed E-state index contributed by atoms with van der Waals surface area (Å²) in [7, 11) is 0. The van der Waals surface area contributed by atoms with Crippen LogP contribution in [0, 0.1) is 41.5 Å². The van der Waals surface area contributed by atoms with Crippen molar-refractivity contribution >= 4 is 22.0 Å². The maximum absolute atomic E-state index is 2.57. The minimum absolute atomic E-state index is 0.0917. The van der Waals surface area contributed by atoms with Crippen LogP contribution in [0.5, 0.6) is 0 Å². The standard InChI is InChI=1S/C28H33.3CH3.Sn/c1-17-10-19(3)26(20(4)11-17)23-14-24(16-25(15-23)28(7,8)9)27-21(5)12-18(2)13-22(27)6;;;;/h10-13,15-16H,1-9H3;3*1H3;. The third kappa shape index (κ3) is 4.86. The van der Waals surface area contributed by atoms with E-state index in [1.54, 1.807) is 3.58 Å². The summed E-state index contributed by atoms with van der Waals surface area (Å²) >= 11 is -2.56. The van der Waals surface area contributed by atoms with Crippen molar-refractivity contribution in [3.63, 3.8) is 0 Å². The molecule has 0 aliphatic heterocycles. The van der Waals surface area contributed by atoms with Gasteiger partial charge in [-0.15, -0.1) is 0 Å². The molecule has 3 aromatic rings. The third-order valence-corrected chi connectivity index (χ3v) is 12.5. The predicted molar refractivity (Wildman–Crippen MR) is 147 cm³/mol. The van der Waals surface area contributed by atoms with Gasteiger partial charge >= 0.3 is 202 Å². The summed E-state index contributed by atoms with van der Waals surface area (Å²) in [5, 5.41) is 0. The summed E-state index contributed by atoms with van der Waals surface area (Å²) in [5.41, 5.74) is 15.7. The fraction of sp³-hybridized carbons (Fsp3) is 0.419. The SMILES string of the molecule is Cc1cc(C)c(-c2cc(C(C)(C)C)cc(-c3c(C)cc(C)cc3C)[c]2[Sn]([CH3])([CH3])[CH3])c(C)c1. The van der Waals surface area contributed by atoms with Crippen molar-refractivity contribution in [2.24, 2.45) is 0 Å². The molecule has 0 nitrogen and oxygen atoms in total. The Morgan fingerprint density at radius 2 is 0.844 bits per heavy atom. The van der Waals surface area contributed by atoms with E-state index in [0.717, 1.165) is 0 Å². The average Bonchev–Trinajstić information content (AvgIpc) is 2.57. The van der Waals surface area contributed by atoms with Gasteiger partial charge in [-0.05, 0) is 0 Å². The van der Waals surface area contributed by atoms with Gasteiger partial charge < -0.3 is 0 Å². The molecule has 0 bridgehead atoms. The van der Waals surface area contributed by atoms with Crippen molar-refractivity contribution < 1.29 is 0 Å². The van der Waals surface area contributed by atoms with Gasteiger partial charge in [0.25, 0.3) is 0 Å². The second kappa shape index (κ2) is 8.67. The van der Waals surface area contributed by atoms with E-state index < -0.39 is 18.4 Å². The number of aryl methyl sites for hydroxylation is 6. The average molecular weight is 533 g/mol. The van der Waals surface area contributed by atoms with Gasteiger partial charge in [-0.25, -0.2) is 0 Å². The zero-order valence-corrected chi connectivity index (χ0v) is 25.3. The number of benzene rings is 3. The fourth-order valence-electron chi connectivity index (χ4n) is 5.49. The third-order valence-electron chi connectivity index (χ3n) is 6.65. The second-order valence-electron chi connectivity index (χ2n) is 12.0. The van der Waals surface area contributed by atoms with Crippen LogP contribution in [-0.2, 0) is 5.41 Å². The summed E-state index contributed by atoms with van der Waals surface area (Å²) < 4.78 is 1.66. The first kappa shape index (κ1) is 25.1. The van der Waals surface area contributed by atoms with Gasteiger partial charge in [-0.1, -0.05) is 0 Å². The van der Waals surface area contributed by atoms with Crippen molar-refractivity contribution in [3.05, 3.63) is 75.3 Å². The van der Waals surface area contributed by atoms with Crippen molar-refractivity contribution in [3.8, 4) is 22.3 Å². The zero-order valence-electron chi connectivity index (χ0n) is 22.5. The van der Waals surface area contributed by atoms with E-state index in [1.807, 2.05) is 0 Å². The molecule has 170 valence electrons. The molecule has 0 unspecified atom stereocenters. The molecule has 0 fully saturated rings. The van der Waals surface area contributed by atoms with Gasteiger partial charge in [0.2, 0.25) is 0 Å². The predicted octanol–water partition coefficient (Wildman–Crippen LogP) is 8.71. The Kier molecular flexibility index (Phi) is 6.80. The Morgan fingerprint density at radius 1 is 0.531 bits per heavy atom. The molecule has 0 N–H and O–H groups in total. The van der Waals surface area contributed by atoms with Gasteiger partial charge in [0.15, 0.2) is 0 Å². The molecule has 0 aromatic heterocycles. The van der Waals surface area contributed by atoms with E-state index in [4.69, 9.17) is 0 Å². The van der Waals surface area contributed by atoms with Crippen molar-refractivity contribution in [2.45, 2.75) is 82.5 Å². The van der Waals surface area contributed by atoms with Crippen LogP contribution in [0.3, 0.4) is 0 Å². The van der Waals surface area contributed by atoms with Crippen LogP contribution >= 0.6 is 0 Å². The van der Waals surface area contributed by atoms with Crippen LogP contribution in [0.15, 0.2) is 36.4 Å². The summed E-state index contributed by atoms with van der Waals surface area (Å²) in [6.45, 7) is 20.6. The maximum atomic E-state index is 2.57. The molecule has 0 aliphatic carbocycles. The molecule has 0 saturated carbocycles. The topological polar surface area (TPSA) is 0 Å². The normalized spacial score (nSPS) is 12.4. The van der Waals surface area contributed by atoms with Crippen LogP contribution < -0.4 is 3.58 Å². The number of hydrogen-bond acceptors (Lipinski definition) is 0. The summed E-state index contributed by atoms with van der Waals surface area (Å²) in [6, 6.07) is 14.5. The molecule has 3 rings (SSSR count). The quantitative estimate of drug-likeness (QED) is 0.296. The molecule has 0 amide bonds. The number of rotatable bonds is 3. The summed E-state index contributed by atoms with van der Waals surface area (Å²) in [6.07, 6.45) is 0. The van der Waals surface area contributed by atoms with E-state index in [9.17, 15) is 0 Å². The van der Waals surface area contributed by atoms with Gasteiger partial charge in [-0.3, -0.25) is 0 Å². The van der Waals surface area contributed by atoms with Crippen molar-refractivity contribution in [1.82, 2.24) is 0 Å². The Bertz CT molecular complexity index is 1060. The second-order valence-corrected chi connectivity index (χ2v) is 26.3. The first-order valence-corrected chi connectivity index (χ1v) is 22.0. The molecule has 0 spiro atoms. The first-order valence-electron chi connectivity index (χ1n) is 12.0. The fourth-order valence-corrected chi connectivity index (χ4v) is 11.2. The summed E-state index contributed by atoms with van der Waals surface area (Å²) in [5.74, 6) is 0. The van der Waals surface area contributed by atoms with Crippen molar-refractivity contribution in [1.29, 1.82) is 0 Å². The van der Waals surface area contributed by atoms with Crippen molar-refractivity contribution in [2.75, 3.05) is 0 Å². The zero-order chi connectivity index (χ0) is 24.2. The van der Waals surface area contributed by atoms with E-state index in [0.29, 0.717) is 0 Å². The van der Waals surface area contributed by atoms with Crippen LogP contribution in [0.2, 0.25) is 14.8 Å². The van der Waals surface area contributed by atoms with Crippen LogP contribution in [0.25, 0.3) is 22.3 Å². The Labute approximate surface area is 201 Å². The number of hydrogen-bond donors (Lipinski definition) is 0. The Balaban J connectivity index is 2.59. The molecular formula is C31H42Sn. The molecule has 0 radical (unpaired) electrons. The first-order chi connectivity index (χ1) is 14.6. The van der Waals surface area contributed by atoms with E-state index in [1.165, 1.54) is 61.2 Å². The summed E-state index contributed by atoms with van der Waals surface area (Å²) in [4.78, 5) is 7.72. The van der Waals surface area contributed by atoms with Crippen LogP contribution in [0.4, 0.5) is 0 Å². The van der Waals surface area contributed by atoms with Gasteiger partial charge in [-0.2, -0.15) is 0 Å². The molecule has 0 saturated heterocycles. The van der Waals surface area contributed by atoms with Gasteiger partial charge in [0.05, 0.1) is 0 Å². The van der Waals surface area contributed by atoms with Gasteiger partial charge in [0.1, 0.15) is 0 Å². The Hall–Kier alpha value is -1.54. The van der Waals surface area contributed by atoms with E-state index in [2.05, 4.69) is 114 Å². The molecule has 0 aliphatic rings. The molecular weight excluding hydrogens is 491 g/mol. The van der Waals surface area contributed by atoms with Crippen LogP contribution in [-0.4, -0.2) is 18.4 Å². The minimum atomic E-state index is -2.56. The monoisotopic (exact) mass is 534 g/mol. The molecule has 1 heteroatoms. The Morgan fingerprint density at radius 3 is 1.09 bits per heavy atom. The molecule has 32 heavy (non-hydrogen) atoms. The molecule has 0 heterocycles. The molecule has 0 atom stereocenters. The molecule has 3 aromatic carbocycles. The van der Waals surface area contributed by atoms with E-state index >= 15 is 0 Å². The van der Waals surface area contributed by atoms with E-state index in [-0.39, 0.29) is 5.41 Å².